The van der Waals surface area contributed by atoms with Crippen molar-refractivity contribution >= 4 is 27.7 Å². The van der Waals surface area contributed by atoms with Gasteiger partial charge in [0, 0.05) is 24.9 Å². The van der Waals surface area contributed by atoms with E-state index in [9.17, 15) is 13.2 Å². The fourth-order valence-electron chi connectivity index (χ4n) is 2.90. The maximum atomic E-state index is 12.5. The molecular formula is C23H30N2O4S. The molecule has 0 spiro atoms. The lowest BCUT2D eigenvalue weighted by atomic mass is 10.2. The van der Waals surface area contributed by atoms with E-state index in [1.165, 1.54) is 10.4 Å². The number of ether oxygens (including phenoxy) is 1. The van der Waals surface area contributed by atoms with Crippen LogP contribution in [0.2, 0.25) is 0 Å². The molecule has 0 aliphatic heterocycles. The number of nitrogens with zero attached hydrogens (tertiary/aromatic N) is 1. The third-order valence-corrected chi connectivity index (χ3v) is 6.64. The molecule has 0 heterocycles. The van der Waals surface area contributed by atoms with E-state index in [2.05, 4.69) is 5.32 Å². The summed E-state index contributed by atoms with van der Waals surface area (Å²) in [6.45, 7) is 9.08. The Hall–Kier alpha value is -2.64. The van der Waals surface area contributed by atoms with Crippen LogP contribution in [0.4, 0.5) is 5.69 Å². The summed E-state index contributed by atoms with van der Waals surface area (Å²) in [6, 6.07) is 12.0. The molecule has 0 saturated heterocycles. The van der Waals surface area contributed by atoms with Crippen molar-refractivity contribution in [2.45, 2.75) is 39.0 Å². The first-order chi connectivity index (χ1) is 14.3. The molecule has 2 aromatic rings. The van der Waals surface area contributed by atoms with Crippen LogP contribution >= 0.6 is 0 Å². The molecule has 0 atom stereocenters. The van der Waals surface area contributed by atoms with Crippen LogP contribution in [-0.4, -0.2) is 38.3 Å². The summed E-state index contributed by atoms with van der Waals surface area (Å²) in [6.07, 6.45) is 4.01. The van der Waals surface area contributed by atoms with E-state index < -0.39 is 10.0 Å². The molecule has 162 valence electrons. The number of hydrogen-bond donors (Lipinski definition) is 1. The average Bonchev–Trinajstić information content (AvgIpc) is 2.73. The van der Waals surface area contributed by atoms with Crippen LogP contribution < -0.4 is 10.1 Å². The minimum absolute atomic E-state index is 0.244. The van der Waals surface area contributed by atoms with Crippen molar-refractivity contribution in [3.8, 4) is 5.75 Å². The highest BCUT2D eigenvalue weighted by atomic mass is 32.2. The Balaban J connectivity index is 2.03. The molecule has 0 aliphatic carbocycles. The van der Waals surface area contributed by atoms with Crippen molar-refractivity contribution < 1.29 is 17.9 Å². The Labute approximate surface area is 179 Å². The minimum Gasteiger partial charge on any atom is -0.494 e. The topological polar surface area (TPSA) is 75.7 Å². The summed E-state index contributed by atoms with van der Waals surface area (Å²) in [4.78, 5) is 12.5. The van der Waals surface area contributed by atoms with E-state index in [0.717, 1.165) is 23.3 Å². The van der Waals surface area contributed by atoms with Gasteiger partial charge in [0.15, 0.2) is 0 Å². The summed E-state index contributed by atoms with van der Waals surface area (Å²) in [5, 5.41) is 2.85. The second-order valence-electron chi connectivity index (χ2n) is 6.81. The first-order valence-electron chi connectivity index (χ1n) is 10.1. The Morgan fingerprint density at radius 1 is 1.07 bits per heavy atom. The lowest BCUT2D eigenvalue weighted by Gasteiger charge is -2.18. The molecule has 0 aliphatic rings. The summed E-state index contributed by atoms with van der Waals surface area (Å²) in [5.41, 5.74) is 2.37. The number of anilines is 1. The minimum atomic E-state index is -3.48. The van der Waals surface area contributed by atoms with Gasteiger partial charge >= 0.3 is 0 Å². The number of sulfonamides is 1. The first-order valence-corrected chi connectivity index (χ1v) is 11.6. The van der Waals surface area contributed by atoms with Crippen molar-refractivity contribution in [1.29, 1.82) is 0 Å². The number of amides is 1. The van der Waals surface area contributed by atoms with Crippen molar-refractivity contribution in [3.05, 3.63) is 59.7 Å². The molecule has 2 aromatic carbocycles. The standard InChI is InChI=1S/C23H30N2O4S/c1-5-16-29-20-11-14-22(18(4)17-20)24-23(26)15-10-19-8-12-21(13-9-19)30(27,28)25(6-2)7-3/h8-15,17H,5-7,16H2,1-4H3,(H,24,26)/b15-10+. The molecule has 0 bridgehead atoms. The van der Waals surface area contributed by atoms with Gasteiger partial charge in [-0.3, -0.25) is 4.79 Å². The molecule has 0 saturated carbocycles. The van der Waals surface area contributed by atoms with E-state index in [1.807, 2.05) is 45.9 Å². The third-order valence-electron chi connectivity index (χ3n) is 4.58. The van der Waals surface area contributed by atoms with Gasteiger partial charge in [0.25, 0.3) is 0 Å². The SMILES string of the molecule is CCCOc1ccc(NC(=O)/C=C/c2ccc(S(=O)(=O)N(CC)CC)cc2)c(C)c1. The molecule has 1 N–H and O–H groups in total. The van der Waals surface area contributed by atoms with Crippen LogP contribution in [0.5, 0.6) is 5.75 Å². The van der Waals surface area contributed by atoms with E-state index >= 15 is 0 Å². The highest BCUT2D eigenvalue weighted by molar-refractivity contribution is 7.89. The smallest absolute Gasteiger partial charge is 0.248 e. The van der Waals surface area contributed by atoms with Crippen molar-refractivity contribution in [2.75, 3.05) is 25.0 Å². The largest absolute Gasteiger partial charge is 0.494 e. The summed E-state index contributed by atoms with van der Waals surface area (Å²) in [7, 11) is -3.48. The zero-order valence-corrected chi connectivity index (χ0v) is 18.8. The molecule has 6 nitrogen and oxygen atoms in total. The second kappa shape index (κ2) is 10.9. The number of rotatable bonds is 10. The van der Waals surface area contributed by atoms with E-state index in [0.29, 0.717) is 25.4 Å². The van der Waals surface area contributed by atoms with Gasteiger partial charge < -0.3 is 10.1 Å². The van der Waals surface area contributed by atoms with Gasteiger partial charge in [0.2, 0.25) is 15.9 Å². The van der Waals surface area contributed by atoms with Crippen LogP contribution in [0, 0.1) is 6.92 Å². The second-order valence-corrected chi connectivity index (χ2v) is 8.74. The number of nitrogens with one attached hydrogen (secondary N) is 1. The van der Waals surface area contributed by atoms with Gasteiger partial charge in [-0.2, -0.15) is 4.31 Å². The predicted octanol–water partition coefficient (Wildman–Crippen LogP) is 4.47. The van der Waals surface area contributed by atoms with Gasteiger partial charge in [-0.1, -0.05) is 32.9 Å². The first kappa shape index (κ1) is 23.6. The van der Waals surface area contributed by atoms with Gasteiger partial charge in [-0.05, 0) is 60.9 Å². The van der Waals surface area contributed by atoms with Gasteiger partial charge in [0.1, 0.15) is 5.75 Å². The number of aryl methyl sites for hydroxylation is 1. The van der Waals surface area contributed by atoms with Crippen LogP contribution in [0.15, 0.2) is 53.4 Å². The van der Waals surface area contributed by atoms with E-state index in [-0.39, 0.29) is 10.8 Å². The normalized spacial score (nSPS) is 11.8. The summed E-state index contributed by atoms with van der Waals surface area (Å²) < 4.78 is 32.0. The molecule has 0 unspecified atom stereocenters. The van der Waals surface area contributed by atoms with E-state index in [1.54, 1.807) is 30.3 Å². The summed E-state index contributed by atoms with van der Waals surface area (Å²) in [5.74, 6) is 0.516. The summed E-state index contributed by atoms with van der Waals surface area (Å²) >= 11 is 0. The van der Waals surface area contributed by atoms with Crippen LogP contribution in [0.1, 0.15) is 38.3 Å². The highest BCUT2D eigenvalue weighted by Crippen LogP contribution is 2.22. The van der Waals surface area contributed by atoms with Crippen LogP contribution in [0.3, 0.4) is 0 Å². The zero-order valence-electron chi connectivity index (χ0n) is 18.0. The molecule has 1 amide bonds. The number of carbonyl (C=O) groups excluding carboxylic acids is 1. The Kier molecular flexibility index (Phi) is 8.62. The Bertz CT molecular complexity index is 979. The molecule has 2 rings (SSSR count). The third kappa shape index (κ3) is 6.18. The maximum absolute atomic E-state index is 12.5. The molecule has 30 heavy (non-hydrogen) atoms. The fraction of sp³-hybridized carbons (Fsp3) is 0.348. The van der Waals surface area contributed by atoms with Crippen molar-refractivity contribution in [2.24, 2.45) is 0 Å². The lowest BCUT2D eigenvalue weighted by molar-refractivity contribution is -0.111. The average molecular weight is 431 g/mol. The van der Waals surface area contributed by atoms with Gasteiger partial charge in [-0.25, -0.2) is 8.42 Å². The molecule has 0 aromatic heterocycles. The van der Waals surface area contributed by atoms with Crippen LogP contribution in [-0.2, 0) is 14.8 Å². The molecule has 0 fully saturated rings. The Morgan fingerprint density at radius 3 is 2.30 bits per heavy atom. The number of benzene rings is 2. The number of carbonyl (C=O) groups is 1. The quantitative estimate of drug-likeness (QED) is 0.565. The van der Waals surface area contributed by atoms with Crippen LogP contribution in [0.25, 0.3) is 6.08 Å². The van der Waals surface area contributed by atoms with Crippen molar-refractivity contribution in [3.63, 3.8) is 0 Å². The van der Waals surface area contributed by atoms with Gasteiger partial charge in [0.05, 0.1) is 11.5 Å². The van der Waals surface area contributed by atoms with Gasteiger partial charge in [-0.15, -0.1) is 0 Å². The number of hydrogen-bond acceptors (Lipinski definition) is 4. The maximum Gasteiger partial charge on any atom is 0.248 e. The van der Waals surface area contributed by atoms with Crippen molar-refractivity contribution in [1.82, 2.24) is 4.31 Å². The monoisotopic (exact) mass is 430 g/mol. The highest BCUT2D eigenvalue weighted by Gasteiger charge is 2.20. The zero-order chi connectivity index (χ0) is 22.1. The lowest BCUT2D eigenvalue weighted by Crippen LogP contribution is -2.30. The molecule has 0 radical (unpaired) electrons. The molecule has 7 heteroatoms. The predicted molar refractivity (Wildman–Crippen MR) is 121 cm³/mol. The Morgan fingerprint density at radius 2 is 1.73 bits per heavy atom. The fourth-order valence-corrected chi connectivity index (χ4v) is 4.35. The molecular weight excluding hydrogens is 400 g/mol. The van der Waals surface area contributed by atoms with E-state index in [4.69, 9.17) is 4.74 Å².